The van der Waals surface area contributed by atoms with E-state index in [4.69, 9.17) is 0 Å². The van der Waals surface area contributed by atoms with Crippen LogP contribution in [0.15, 0.2) is 48.5 Å². The van der Waals surface area contributed by atoms with E-state index in [0.717, 1.165) is 20.8 Å². The Labute approximate surface area is 144 Å². The van der Waals surface area contributed by atoms with E-state index in [1.807, 2.05) is 48.5 Å². The van der Waals surface area contributed by atoms with Crippen molar-refractivity contribution in [2.45, 2.75) is 19.4 Å². The van der Waals surface area contributed by atoms with Gasteiger partial charge in [0.15, 0.2) is 0 Å². The molecule has 1 unspecified atom stereocenters. The highest BCUT2D eigenvalue weighted by atomic mass is 32.1. The third-order valence-electron chi connectivity index (χ3n) is 3.51. The van der Waals surface area contributed by atoms with Crippen LogP contribution in [0.3, 0.4) is 0 Å². The first-order valence-corrected chi connectivity index (χ1v) is 8.62. The summed E-state index contributed by atoms with van der Waals surface area (Å²) in [6.45, 7) is 2.13. The third kappa shape index (κ3) is 4.10. The number of thiazole rings is 1. The molecule has 3 N–H and O–H groups in total. The lowest BCUT2D eigenvalue weighted by atomic mass is 10.2. The number of hydrogen-bond donors (Lipinski definition) is 3. The molecule has 124 valence electrons. The molecule has 3 aromatic rings. The lowest BCUT2D eigenvalue weighted by Gasteiger charge is -2.09. The number of amides is 2. The summed E-state index contributed by atoms with van der Waals surface area (Å²) in [4.78, 5) is 16.5. The molecule has 0 aliphatic heterocycles. The average Bonchev–Trinajstić information content (AvgIpc) is 2.99. The minimum absolute atomic E-state index is 0.280. The van der Waals surface area contributed by atoms with Crippen molar-refractivity contribution in [2.24, 2.45) is 0 Å². The van der Waals surface area contributed by atoms with Gasteiger partial charge in [-0.1, -0.05) is 24.3 Å². The van der Waals surface area contributed by atoms with E-state index < -0.39 is 6.10 Å². The Hall–Kier alpha value is -2.44. The zero-order valence-electron chi connectivity index (χ0n) is 13.3. The Kier molecular flexibility index (Phi) is 5.08. The van der Waals surface area contributed by atoms with Gasteiger partial charge in [-0.2, -0.15) is 0 Å². The number of hydrogen-bond acceptors (Lipinski definition) is 4. The molecule has 0 fully saturated rings. The summed E-state index contributed by atoms with van der Waals surface area (Å²) in [6.07, 6.45) is 0.103. The Morgan fingerprint density at radius 2 is 2.08 bits per heavy atom. The molecule has 0 saturated heterocycles. The van der Waals surface area contributed by atoms with Crippen molar-refractivity contribution in [2.75, 3.05) is 11.9 Å². The molecule has 6 heteroatoms. The zero-order valence-corrected chi connectivity index (χ0v) is 14.1. The summed E-state index contributed by atoms with van der Waals surface area (Å²) in [5, 5.41) is 15.7. The lowest BCUT2D eigenvalue weighted by molar-refractivity contribution is 0.184. The monoisotopic (exact) mass is 341 g/mol. The van der Waals surface area contributed by atoms with Crippen LogP contribution in [0.4, 0.5) is 10.5 Å². The largest absolute Gasteiger partial charge is 0.393 e. The van der Waals surface area contributed by atoms with Gasteiger partial charge in [0.05, 0.1) is 16.3 Å². The molecule has 0 saturated carbocycles. The summed E-state index contributed by atoms with van der Waals surface area (Å²) in [5.41, 5.74) is 2.66. The molecule has 0 spiro atoms. The number of nitrogens with one attached hydrogen (secondary N) is 2. The van der Waals surface area contributed by atoms with Crippen LogP contribution >= 0.6 is 11.3 Å². The van der Waals surface area contributed by atoms with Crippen molar-refractivity contribution in [1.82, 2.24) is 10.3 Å². The van der Waals surface area contributed by atoms with Crippen molar-refractivity contribution in [3.8, 4) is 10.6 Å². The highest BCUT2D eigenvalue weighted by Gasteiger charge is 2.08. The van der Waals surface area contributed by atoms with Gasteiger partial charge in [0.2, 0.25) is 0 Å². The lowest BCUT2D eigenvalue weighted by Crippen LogP contribution is -2.30. The first-order valence-electron chi connectivity index (χ1n) is 7.81. The number of nitrogens with zero attached hydrogens (tertiary/aromatic N) is 1. The fourth-order valence-electron chi connectivity index (χ4n) is 2.30. The fraction of sp³-hybridized carbons (Fsp3) is 0.222. The topological polar surface area (TPSA) is 74.2 Å². The number of aliphatic hydroxyl groups is 1. The summed E-state index contributed by atoms with van der Waals surface area (Å²) >= 11 is 1.63. The van der Waals surface area contributed by atoms with Crippen LogP contribution in [0.1, 0.15) is 13.3 Å². The van der Waals surface area contributed by atoms with Crippen LogP contribution in [-0.2, 0) is 0 Å². The molecule has 1 heterocycles. The van der Waals surface area contributed by atoms with Crippen molar-refractivity contribution >= 4 is 33.3 Å². The molecular formula is C18H19N3O2S. The predicted molar refractivity (Wildman–Crippen MR) is 98.4 cm³/mol. The number of carbonyl (C=O) groups excluding carboxylic acids is 1. The standard InChI is InChI=1S/C18H19N3O2S/c1-12(22)9-10-19-18(23)20-14-6-4-5-13(11-14)17-21-15-7-2-3-8-16(15)24-17/h2-8,11-12,22H,9-10H2,1H3,(H2,19,20,23). The molecule has 0 bridgehead atoms. The number of para-hydroxylation sites is 1. The van der Waals surface area contributed by atoms with Crippen molar-refractivity contribution in [3.63, 3.8) is 0 Å². The van der Waals surface area contributed by atoms with Gasteiger partial charge < -0.3 is 15.7 Å². The molecule has 1 atom stereocenters. The second-order valence-corrected chi connectivity index (χ2v) is 6.62. The average molecular weight is 341 g/mol. The van der Waals surface area contributed by atoms with Gasteiger partial charge in [-0.25, -0.2) is 9.78 Å². The van der Waals surface area contributed by atoms with E-state index in [1.54, 1.807) is 18.3 Å². The number of fused-ring (bicyclic) bond motifs is 1. The number of benzene rings is 2. The maximum absolute atomic E-state index is 11.9. The van der Waals surface area contributed by atoms with Gasteiger partial charge >= 0.3 is 6.03 Å². The predicted octanol–water partition coefficient (Wildman–Crippen LogP) is 3.86. The molecular weight excluding hydrogens is 322 g/mol. The molecule has 2 amide bonds. The molecule has 1 aromatic heterocycles. The van der Waals surface area contributed by atoms with Crippen molar-refractivity contribution < 1.29 is 9.90 Å². The van der Waals surface area contributed by atoms with Gasteiger partial charge in [-0.05, 0) is 37.6 Å². The number of rotatable bonds is 5. The highest BCUT2D eigenvalue weighted by Crippen LogP contribution is 2.31. The second kappa shape index (κ2) is 7.42. The highest BCUT2D eigenvalue weighted by molar-refractivity contribution is 7.21. The molecule has 0 aliphatic carbocycles. The van der Waals surface area contributed by atoms with Crippen molar-refractivity contribution in [1.29, 1.82) is 0 Å². The van der Waals surface area contributed by atoms with E-state index in [2.05, 4.69) is 15.6 Å². The molecule has 24 heavy (non-hydrogen) atoms. The second-order valence-electron chi connectivity index (χ2n) is 5.59. The quantitative estimate of drug-likeness (QED) is 0.660. The van der Waals surface area contributed by atoms with Gasteiger partial charge in [-0.3, -0.25) is 0 Å². The Balaban J connectivity index is 1.71. The van der Waals surface area contributed by atoms with Crippen molar-refractivity contribution in [3.05, 3.63) is 48.5 Å². The summed E-state index contributed by atoms with van der Waals surface area (Å²) in [7, 11) is 0. The minimum Gasteiger partial charge on any atom is -0.393 e. The van der Waals surface area contributed by atoms with E-state index in [0.29, 0.717) is 18.7 Å². The number of anilines is 1. The molecule has 3 rings (SSSR count). The molecule has 5 nitrogen and oxygen atoms in total. The number of aliphatic hydroxyl groups excluding tert-OH is 1. The molecule has 0 aliphatic rings. The van der Waals surface area contributed by atoms with Gasteiger partial charge in [0.25, 0.3) is 0 Å². The first-order chi connectivity index (χ1) is 11.6. The van der Waals surface area contributed by atoms with Gasteiger partial charge in [0.1, 0.15) is 5.01 Å². The van der Waals surface area contributed by atoms with Crippen LogP contribution < -0.4 is 10.6 Å². The number of urea groups is 1. The van der Waals surface area contributed by atoms with Crippen LogP contribution in [-0.4, -0.2) is 28.8 Å². The Morgan fingerprint density at radius 3 is 2.88 bits per heavy atom. The van der Waals surface area contributed by atoms with Gasteiger partial charge in [-0.15, -0.1) is 11.3 Å². The summed E-state index contributed by atoms with van der Waals surface area (Å²) in [6, 6.07) is 15.4. The Morgan fingerprint density at radius 1 is 1.25 bits per heavy atom. The minimum atomic E-state index is -0.423. The van der Waals surface area contributed by atoms with E-state index in [-0.39, 0.29) is 6.03 Å². The van der Waals surface area contributed by atoms with E-state index in [9.17, 15) is 9.90 Å². The SMILES string of the molecule is CC(O)CCNC(=O)Nc1cccc(-c2nc3ccccc3s2)c1. The third-order valence-corrected chi connectivity index (χ3v) is 4.59. The van der Waals surface area contributed by atoms with Crippen LogP contribution in [0, 0.1) is 0 Å². The number of carbonyl (C=O) groups is 1. The number of aromatic nitrogens is 1. The molecule has 0 radical (unpaired) electrons. The maximum Gasteiger partial charge on any atom is 0.319 e. The molecule has 2 aromatic carbocycles. The Bertz CT molecular complexity index is 812. The fourth-order valence-corrected chi connectivity index (χ4v) is 3.26. The normalized spacial score (nSPS) is 12.1. The van der Waals surface area contributed by atoms with E-state index in [1.165, 1.54) is 0 Å². The van der Waals surface area contributed by atoms with Crippen LogP contribution in [0.5, 0.6) is 0 Å². The zero-order chi connectivity index (χ0) is 16.9. The van der Waals surface area contributed by atoms with Crippen LogP contribution in [0.2, 0.25) is 0 Å². The summed E-state index contributed by atoms with van der Waals surface area (Å²) < 4.78 is 1.14. The van der Waals surface area contributed by atoms with Crippen LogP contribution in [0.25, 0.3) is 20.8 Å². The van der Waals surface area contributed by atoms with Gasteiger partial charge in [0, 0.05) is 17.8 Å². The maximum atomic E-state index is 11.9. The smallest absolute Gasteiger partial charge is 0.319 e. The first kappa shape index (κ1) is 16.4. The van der Waals surface area contributed by atoms with E-state index >= 15 is 0 Å². The summed E-state index contributed by atoms with van der Waals surface area (Å²) in [5.74, 6) is 0.